The van der Waals surface area contributed by atoms with Gasteiger partial charge in [0.05, 0.1) is 18.5 Å². The summed E-state index contributed by atoms with van der Waals surface area (Å²) in [5.41, 5.74) is 2.81. The highest BCUT2D eigenvalue weighted by atomic mass is 32.2. The maximum absolute atomic E-state index is 11.4. The van der Waals surface area contributed by atoms with Gasteiger partial charge in [-0.1, -0.05) is 36.0 Å². The summed E-state index contributed by atoms with van der Waals surface area (Å²) in [6.45, 7) is 0. The van der Waals surface area contributed by atoms with Crippen LogP contribution in [0.4, 0.5) is 0 Å². The molecule has 2 heterocycles. The van der Waals surface area contributed by atoms with Gasteiger partial charge in [-0.05, 0) is 36.4 Å². The first-order valence-corrected chi connectivity index (χ1v) is 7.87. The third-order valence-corrected chi connectivity index (χ3v) is 5.27. The number of fused-ring (bicyclic) bond motifs is 3. The Bertz CT molecular complexity index is 825. The molecule has 0 radical (unpaired) electrons. The van der Waals surface area contributed by atoms with Gasteiger partial charge in [-0.15, -0.1) is 0 Å². The molecular weight excluding hydrogens is 294 g/mol. The van der Waals surface area contributed by atoms with Crippen LogP contribution in [0.1, 0.15) is 11.3 Å². The second-order valence-electron chi connectivity index (χ2n) is 5.21. The summed E-state index contributed by atoms with van der Waals surface area (Å²) in [5.74, 6) is 0.781. The van der Waals surface area contributed by atoms with Crippen LogP contribution in [-0.2, 0) is 4.93 Å². The number of aromatic nitrogens is 1. The molecule has 0 unspecified atom stereocenters. The summed E-state index contributed by atoms with van der Waals surface area (Å²) >= 11 is 1.47. The molecule has 2 aromatic carbocycles. The summed E-state index contributed by atoms with van der Waals surface area (Å²) in [4.78, 5) is -0.0473. The predicted molar refractivity (Wildman–Crippen MR) is 87.6 cm³/mol. The van der Waals surface area contributed by atoms with Crippen LogP contribution in [0.2, 0.25) is 0 Å². The summed E-state index contributed by atoms with van der Waals surface area (Å²) < 4.78 is 7.26. The van der Waals surface area contributed by atoms with Crippen LogP contribution in [0.5, 0.6) is 5.75 Å². The minimum atomic E-state index is -1.11. The normalized spacial score (nSPS) is 19.4. The quantitative estimate of drug-likeness (QED) is 0.782. The van der Waals surface area contributed by atoms with Crippen molar-refractivity contribution in [2.45, 2.75) is 9.83 Å². The van der Waals surface area contributed by atoms with Crippen LogP contribution in [0.15, 0.2) is 71.8 Å². The van der Waals surface area contributed by atoms with Gasteiger partial charge in [0.15, 0.2) is 4.93 Å². The number of ether oxygens (including phenoxy) is 1. The third-order valence-electron chi connectivity index (χ3n) is 3.96. The van der Waals surface area contributed by atoms with Gasteiger partial charge in [-0.2, -0.15) is 0 Å². The molecule has 22 heavy (non-hydrogen) atoms. The van der Waals surface area contributed by atoms with E-state index in [1.807, 2.05) is 60.8 Å². The van der Waals surface area contributed by atoms with Gasteiger partial charge in [0.2, 0.25) is 0 Å². The Morgan fingerprint density at radius 1 is 1.00 bits per heavy atom. The fraction of sp³-hybridized carbons (Fsp3) is 0.111. The van der Waals surface area contributed by atoms with Crippen molar-refractivity contribution < 1.29 is 9.84 Å². The van der Waals surface area contributed by atoms with Crippen LogP contribution >= 0.6 is 11.8 Å². The minimum absolute atomic E-state index is 0.781. The lowest BCUT2D eigenvalue weighted by atomic mass is 10.0. The molecule has 0 saturated heterocycles. The molecule has 0 saturated carbocycles. The van der Waals surface area contributed by atoms with Crippen molar-refractivity contribution in [1.82, 2.24) is 4.57 Å². The zero-order chi connectivity index (χ0) is 15.2. The Labute approximate surface area is 133 Å². The first kappa shape index (κ1) is 13.5. The molecule has 1 aliphatic heterocycles. The standard InChI is InChI=1S/C18H15NO2S/c1-21-14-10-8-13(9-11-14)18(20)17-7-4-12-19(17)15-5-2-3-6-16(15)22-18/h2-12,20H,1H3/t18-/m0/s1. The third kappa shape index (κ3) is 1.88. The first-order valence-electron chi connectivity index (χ1n) is 7.05. The largest absolute Gasteiger partial charge is 0.497 e. The van der Waals surface area contributed by atoms with E-state index in [-0.39, 0.29) is 0 Å². The van der Waals surface area contributed by atoms with Crippen molar-refractivity contribution >= 4 is 11.8 Å². The Kier molecular flexibility index (Phi) is 3.03. The smallest absolute Gasteiger partial charge is 0.181 e. The van der Waals surface area contributed by atoms with Gasteiger partial charge < -0.3 is 14.4 Å². The number of nitrogens with zero attached hydrogens (tertiary/aromatic N) is 1. The zero-order valence-corrected chi connectivity index (χ0v) is 12.9. The summed E-state index contributed by atoms with van der Waals surface area (Å²) in [6.07, 6.45) is 1.99. The van der Waals surface area contributed by atoms with E-state index in [2.05, 4.69) is 10.6 Å². The Morgan fingerprint density at radius 2 is 1.77 bits per heavy atom. The van der Waals surface area contributed by atoms with Gasteiger partial charge in [-0.3, -0.25) is 0 Å². The second-order valence-corrected chi connectivity index (χ2v) is 6.44. The van der Waals surface area contributed by atoms with Gasteiger partial charge in [0.1, 0.15) is 5.75 Å². The van der Waals surface area contributed by atoms with E-state index in [0.29, 0.717) is 0 Å². The Hall–Kier alpha value is -2.17. The number of hydrogen-bond donors (Lipinski definition) is 1. The molecule has 0 fully saturated rings. The molecule has 0 bridgehead atoms. The lowest BCUT2D eigenvalue weighted by molar-refractivity contribution is 0.172. The average molecular weight is 309 g/mol. The lowest BCUT2D eigenvalue weighted by Gasteiger charge is -2.34. The van der Waals surface area contributed by atoms with Crippen LogP contribution < -0.4 is 4.74 Å². The number of aliphatic hydroxyl groups is 1. The molecule has 0 aliphatic carbocycles. The molecule has 3 nitrogen and oxygen atoms in total. The van der Waals surface area contributed by atoms with Gasteiger partial charge in [-0.25, -0.2) is 0 Å². The number of methoxy groups -OCH3 is 1. The van der Waals surface area contributed by atoms with E-state index in [1.54, 1.807) is 7.11 Å². The predicted octanol–water partition coefficient (Wildman–Crippen LogP) is 3.79. The number of para-hydroxylation sites is 1. The van der Waals surface area contributed by atoms with Crippen LogP contribution in [0.3, 0.4) is 0 Å². The van der Waals surface area contributed by atoms with E-state index >= 15 is 0 Å². The fourth-order valence-corrected chi connectivity index (χ4v) is 4.11. The van der Waals surface area contributed by atoms with E-state index in [4.69, 9.17) is 4.74 Å². The maximum Gasteiger partial charge on any atom is 0.181 e. The van der Waals surface area contributed by atoms with Crippen molar-refractivity contribution in [2.75, 3.05) is 7.11 Å². The highest BCUT2D eigenvalue weighted by molar-refractivity contribution is 8.00. The molecule has 1 aliphatic rings. The van der Waals surface area contributed by atoms with Crippen LogP contribution in [0.25, 0.3) is 5.69 Å². The molecule has 1 N–H and O–H groups in total. The number of thioether (sulfide) groups is 1. The number of hydrogen-bond acceptors (Lipinski definition) is 3. The van der Waals surface area contributed by atoms with Crippen molar-refractivity contribution in [3.05, 3.63) is 78.1 Å². The van der Waals surface area contributed by atoms with E-state index in [1.165, 1.54) is 11.8 Å². The molecule has 4 rings (SSSR count). The molecule has 1 aromatic heterocycles. The molecule has 3 aromatic rings. The van der Waals surface area contributed by atoms with Gasteiger partial charge >= 0.3 is 0 Å². The molecule has 0 spiro atoms. The molecule has 0 amide bonds. The lowest BCUT2D eigenvalue weighted by Crippen LogP contribution is -2.29. The van der Waals surface area contributed by atoms with Gasteiger partial charge in [0, 0.05) is 16.7 Å². The average Bonchev–Trinajstić information content (AvgIpc) is 3.06. The Morgan fingerprint density at radius 3 is 2.55 bits per heavy atom. The summed E-state index contributed by atoms with van der Waals surface area (Å²) in [6, 6.07) is 19.6. The maximum atomic E-state index is 11.4. The van der Waals surface area contributed by atoms with E-state index in [0.717, 1.165) is 27.6 Å². The van der Waals surface area contributed by atoms with Crippen molar-refractivity contribution in [3.8, 4) is 11.4 Å². The SMILES string of the molecule is COc1ccc([C@]2(O)Sc3ccccc3-n3cccc32)cc1. The minimum Gasteiger partial charge on any atom is -0.497 e. The molecular formula is C18H15NO2S. The van der Waals surface area contributed by atoms with Crippen LogP contribution in [0, 0.1) is 0 Å². The van der Waals surface area contributed by atoms with Gasteiger partial charge in [0.25, 0.3) is 0 Å². The molecule has 110 valence electrons. The molecule has 1 atom stereocenters. The summed E-state index contributed by atoms with van der Waals surface area (Å²) in [5, 5.41) is 11.4. The van der Waals surface area contributed by atoms with Crippen molar-refractivity contribution in [1.29, 1.82) is 0 Å². The number of benzene rings is 2. The monoisotopic (exact) mass is 309 g/mol. The zero-order valence-electron chi connectivity index (χ0n) is 12.1. The van der Waals surface area contributed by atoms with Crippen molar-refractivity contribution in [3.63, 3.8) is 0 Å². The fourth-order valence-electron chi connectivity index (χ4n) is 2.84. The second kappa shape index (κ2) is 4.93. The first-order chi connectivity index (χ1) is 10.7. The highest BCUT2D eigenvalue weighted by Crippen LogP contribution is 2.50. The Balaban J connectivity index is 1.89. The topological polar surface area (TPSA) is 34.4 Å². The van der Waals surface area contributed by atoms with E-state index in [9.17, 15) is 5.11 Å². The van der Waals surface area contributed by atoms with E-state index < -0.39 is 4.93 Å². The highest BCUT2D eigenvalue weighted by Gasteiger charge is 2.39. The van der Waals surface area contributed by atoms with Crippen molar-refractivity contribution in [2.24, 2.45) is 0 Å². The number of rotatable bonds is 2. The van der Waals surface area contributed by atoms with Crippen LogP contribution in [-0.4, -0.2) is 16.8 Å². The molecule has 4 heteroatoms. The summed E-state index contributed by atoms with van der Waals surface area (Å²) in [7, 11) is 1.64.